The van der Waals surface area contributed by atoms with E-state index in [9.17, 15) is 0 Å². The highest BCUT2D eigenvalue weighted by atomic mass is 15.3. The fourth-order valence-corrected chi connectivity index (χ4v) is 4.81. The lowest BCUT2D eigenvalue weighted by Gasteiger charge is -2.48. The Morgan fingerprint density at radius 3 is 2.32 bits per heavy atom. The first-order valence-corrected chi connectivity index (χ1v) is 8.81. The Kier molecular flexibility index (Phi) is 4.48. The molecule has 2 atom stereocenters. The standard InChI is InChI=1S/C17H32N2/c1-3-14-7-9-16(10-8-14)19-13-17-6-5-11-18(17)12-15(19)4-2/h14-17H,3-13H2,1-2H3. The molecule has 0 amide bonds. The number of rotatable bonds is 3. The summed E-state index contributed by atoms with van der Waals surface area (Å²) in [6.45, 7) is 8.87. The molecule has 0 aromatic rings. The van der Waals surface area contributed by atoms with Crippen LogP contribution in [0.25, 0.3) is 0 Å². The Morgan fingerprint density at radius 1 is 0.842 bits per heavy atom. The average Bonchev–Trinajstić information content (AvgIpc) is 2.93. The molecule has 3 rings (SSSR count). The van der Waals surface area contributed by atoms with Crippen molar-refractivity contribution in [3.8, 4) is 0 Å². The number of hydrogen-bond acceptors (Lipinski definition) is 2. The third-order valence-corrected chi connectivity index (χ3v) is 6.17. The van der Waals surface area contributed by atoms with E-state index in [1.807, 2.05) is 0 Å². The fraction of sp³-hybridized carbons (Fsp3) is 1.00. The molecule has 2 saturated heterocycles. The molecule has 2 nitrogen and oxygen atoms in total. The van der Waals surface area contributed by atoms with E-state index in [1.165, 1.54) is 71.0 Å². The molecular weight excluding hydrogens is 232 g/mol. The summed E-state index contributed by atoms with van der Waals surface area (Å²) < 4.78 is 0. The lowest BCUT2D eigenvalue weighted by molar-refractivity contribution is 0.00222. The van der Waals surface area contributed by atoms with Crippen LogP contribution in [0.5, 0.6) is 0 Å². The van der Waals surface area contributed by atoms with Crippen molar-refractivity contribution < 1.29 is 0 Å². The van der Waals surface area contributed by atoms with Crippen LogP contribution < -0.4 is 0 Å². The van der Waals surface area contributed by atoms with E-state index in [1.54, 1.807) is 0 Å². The van der Waals surface area contributed by atoms with E-state index in [0.717, 1.165) is 24.0 Å². The molecule has 3 aliphatic rings. The van der Waals surface area contributed by atoms with Gasteiger partial charge < -0.3 is 0 Å². The number of hydrogen-bond donors (Lipinski definition) is 0. The SMILES string of the molecule is CCC1CCC(N2CC3CCCN3CC2CC)CC1. The van der Waals surface area contributed by atoms with Gasteiger partial charge >= 0.3 is 0 Å². The zero-order chi connectivity index (χ0) is 13.2. The van der Waals surface area contributed by atoms with Crippen LogP contribution in [0.4, 0.5) is 0 Å². The zero-order valence-electron chi connectivity index (χ0n) is 13.0. The first-order valence-electron chi connectivity index (χ1n) is 8.81. The largest absolute Gasteiger partial charge is 0.298 e. The van der Waals surface area contributed by atoms with Gasteiger partial charge in [-0.1, -0.05) is 20.3 Å². The molecule has 1 aliphatic carbocycles. The van der Waals surface area contributed by atoms with E-state index in [4.69, 9.17) is 0 Å². The lowest BCUT2D eigenvalue weighted by atomic mass is 9.83. The van der Waals surface area contributed by atoms with Crippen molar-refractivity contribution in [2.75, 3.05) is 19.6 Å². The Bertz CT molecular complexity index is 283. The van der Waals surface area contributed by atoms with Gasteiger partial charge in [0.05, 0.1) is 0 Å². The highest BCUT2D eigenvalue weighted by Crippen LogP contribution is 2.34. The minimum Gasteiger partial charge on any atom is -0.298 e. The maximum absolute atomic E-state index is 2.93. The van der Waals surface area contributed by atoms with Crippen molar-refractivity contribution in [3.63, 3.8) is 0 Å². The summed E-state index contributed by atoms with van der Waals surface area (Å²) in [4.78, 5) is 5.71. The Labute approximate surface area is 119 Å². The molecule has 0 aromatic carbocycles. The fourth-order valence-electron chi connectivity index (χ4n) is 4.81. The molecule has 2 heterocycles. The molecular formula is C17H32N2. The van der Waals surface area contributed by atoms with E-state index < -0.39 is 0 Å². The maximum Gasteiger partial charge on any atom is 0.0224 e. The van der Waals surface area contributed by atoms with E-state index in [-0.39, 0.29) is 0 Å². The van der Waals surface area contributed by atoms with Crippen LogP contribution >= 0.6 is 0 Å². The van der Waals surface area contributed by atoms with Crippen molar-refractivity contribution in [1.29, 1.82) is 0 Å². The maximum atomic E-state index is 2.93. The van der Waals surface area contributed by atoms with Gasteiger partial charge in [0.25, 0.3) is 0 Å². The molecule has 19 heavy (non-hydrogen) atoms. The van der Waals surface area contributed by atoms with Gasteiger partial charge in [-0.15, -0.1) is 0 Å². The summed E-state index contributed by atoms with van der Waals surface area (Å²) in [5.41, 5.74) is 0. The molecule has 3 fully saturated rings. The minimum atomic E-state index is 0.845. The van der Waals surface area contributed by atoms with Crippen LogP contribution in [0.2, 0.25) is 0 Å². The predicted molar refractivity (Wildman–Crippen MR) is 81.4 cm³/mol. The third-order valence-electron chi connectivity index (χ3n) is 6.17. The van der Waals surface area contributed by atoms with Crippen LogP contribution in [-0.2, 0) is 0 Å². The van der Waals surface area contributed by atoms with Gasteiger partial charge in [0.2, 0.25) is 0 Å². The van der Waals surface area contributed by atoms with Crippen molar-refractivity contribution >= 4 is 0 Å². The van der Waals surface area contributed by atoms with E-state index >= 15 is 0 Å². The third kappa shape index (κ3) is 2.85. The second-order valence-corrected chi connectivity index (χ2v) is 7.13. The Morgan fingerprint density at radius 2 is 1.63 bits per heavy atom. The van der Waals surface area contributed by atoms with Crippen molar-refractivity contribution in [3.05, 3.63) is 0 Å². The van der Waals surface area contributed by atoms with E-state index in [0.29, 0.717) is 0 Å². The van der Waals surface area contributed by atoms with Gasteiger partial charge in [-0.2, -0.15) is 0 Å². The van der Waals surface area contributed by atoms with Crippen molar-refractivity contribution in [2.24, 2.45) is 5.92 Å². The van der Waals surface area contributed by atoms with Gasteiger partial charge in [0.15, 0.2) is 0 Å². The van der Waals surface area contributed by atoms with Crippen molar-refractivity contribution in [2.45, 2.75) is 83.3 Å². The number of piperazine rings is 1. The summed E-state index contributed by atoms with van der Waals surface area (Å²) in [5, 5.41) is 0. The van der Waals surface area contributed by atoms with Gasteiger partial charge in [-0.05, 0) is 57.4 Å². The summed E-state index contributed by atoms with van der Waals surface area (Å²) in [6, 6.07) is 2.65. The molecule has 0 N–H and O–H groups in total. The molecule has 2 aliphatic heterocycles. The van der Waals surface area contributed by atoms with E-state index in [2.05, 4.69) is 23.6 Å². The van der Waals surface area contributed by atoms with Crippen LogP contribution in [0.3, 0.4) is 0 Å². The van der Waals surface area contributed by atoms with Crippen LogP contribution in [0.15, 0.2) is 0 Å². The monoisotopic (exact) mass is 264 g/mol. The molecule has 110 valence electrons. The van der Waals surface area contributed by atoms with Crippen LogP contribution in [-0.4, -0.2) is 47.6 Å². The molecule has 2 unspecified atom stereocenters. The molecule has 2 heteroatoms. The summed E-state index contributed by atoms with van der Waals surface area (Å²) in [7, 11) is 0. The second kappa shape index (κ2) is 6.13. The Hall–Kier alpha value is -0.0800. The quantitative estimate of drug-likeness (QED) is 0.769. The first kappa shape index (κ1) is 13.9. The number of nitrogens with zero attached hydrogens (tertiary/aromatic N) is 2. The lowest BCUT2D eigenvalue weighted by Crippen LogP contribution is -2.59. The van der Waals surface area contributed by atoms with Crippen molar-refractivity contribution in [1.82, 2.24) is 9.80 Å². The summed E-state index contributed by atoms with van der Waals surface area (Å²) in [6.07, 6.45) is 11.6. The predicted octanol–water partition coefficient (Wildman–Crippen LogP) is 3.51. The summed E-state index contributed by atoms with van der Waals surface area (Å²) in [5.74, 6) is 1.03. The molecule has 0 spiro atoms. The molecule has 0 radical (unpaired) electrons. The van der Waals surface area contributed by atoms with Gasteiger partial charge in [-0.3, -0.25) is 9.80 Å². The zero-order valence-corrected chi connectivity index (χ0v) is 13.0. The smallest absolute Gasteiger partial charge is 0.0224 e. The normalized spacial score (nSPS) is 41.4. The van der Waals surface area contributed by atoms with Gasteiger partial charge in [0.1, 0.15) is 0 Å². The van der Waals surface area contributed by atoms with Crippen LogP contribution in [0, 0.1) is 5.92 Å². The van der Waals surface area contributed by atoms with Gasteiger partial charge in [0, 0.05) is 31.2 Å². The molecule has 0 bridgehead atoms. The summed E-state index contributed by atoms with van der Waals surface area (Å²) >= 11 is 0. The molecule has 0 aromatic heterocycles. The average molecular weight is 264 g/mol. The van der Waals surface area contributed by atoms with Gasteiger partial charge in [-0.25, -0.2) is 0 Å². The molecule has 1 saturated carbocycles. The second-order valence-electron chi connectivity index (χ2n) is 7.13. The highest BCUT2D eigenvalue weighted by Gasteiger charge is 2.39. The Balaban J connectivity index is 1.62. The topological polar surface area (TPSA) is 6.48 Å². The number of fused-ring (bicyclic) bond motifs is 1. The van der Waals surface area contributed by atoms with Crippen LogP contribution in [0.1, 0.15) is 65.2 Å². The first-order chi connectivity index (χ1) is 9.31. The highest BCUT2D eigenvalue weighted by molar-refractivity contribution is 4.95. The minimum absolute atomic E-state index is 0.845.